The van der Waals surface area contributed by atoms with Gasteiger partial charge in [0.2, 0.25) is 0 Å². The van der Waals surface area contributed by atoms with Gasteiger partial charge < -0.3 is 10.1 Å². The highest BCUT2D eigenvalue weighted by Crippen LogP contribution is 2.29. The second kappa shape index (κ2) is 9.93. The highest BCUT2D eigenvalue weighted by atomic mass is 16.5. The molecule has 0 fully saturated rings. The van der Waals surface area contributed by atoms with Crippen LogP contribution in [-0.4, -0.2) is 39.5 Å². The smallest absolute Gasteiger partial charge is 0.264 e. The average molecular weight is 467 g/mol. The van der Waals surface area contributed by atoms with Gasteiger partial charge in [0, 0.05) is 24.4 Å². The van der Waals surface area contributed by atoms with Crippen LogP contribution in [0.1, 0.15) is 46.0 Å². The molecule has 0 bridgehead atoms. The van der Waals surface area contributed by atoms with Crippen molar-refractivity contribution in [2.75, 3.05) is 11.9 Å². The topological polar surface area (TPSA) is 84.4 Å². The van der Waals surface area contributed by atoms with Crippen molar-refractivity contribution in [2.45, 2.75) is 32.4 Å². The number of carbonyl (C=O) groups excluding carboxylic acids is 2. The lowest BCUT2D eigenvalue weighted by molar-refractivity contribution is 0.0226. The first kappa shape index (κ1) is 22.5. The molecule has 1 N–H and O–H groups in total. The number of benzene rings is 3. The molecule has 1 aromatic heterocycles. The van der Waals surface area contributed by atoms with Crippen molar-refractivity contribution in [3.63, 3.8) is 0 Å². The molecular formula is C28H26N4O3. The first-order chi connectivity index (χ1) is 17.2. The summed E-state index contributed by atoms with van der Waals surface area (Å²) in [7, 11) is 0. The van der Waals surface area contributed by atoms with Crippen LogP contribution in [0.4, 0.5) is 5.82 Å². The van der Waals surface area contributed by atoms with Gasteiger partial charge in [-0.05, 0) is 42.7 Å². The number of hydrogen-bond donors (Lipinski definition) is 1. The van der Waals surface area contributed by atoms with Crippen LogP contribution in [0.5, 0.6) is 5.75 Å². The second-order valence-corrected chi connectivity index (χ2v) is 8.42. The number of amides is 2. The number of nitrogens with one attached hydrogen (secondary N) is 1. The fourth-order valence-electron chi connectivity index (χ4n) is 4.34. The van der Waals surface area contributed by atoms with Crippen LogP contribution in [0.25, 0.3) is 10.9 Å². The van der Waals surface area contributed by atoms with E-state index in [1.165, 1.54) is 16.8 Å². The van der Waals surface area contributed by atoms with Crippen molar-refractivity contribution in [1.82, 2.24) is 14.9 Å². The predicted molar refractivity (Wildman–Crippen MR) is 134 cm³/mol. The van der Waals surface area contributed by atoms with E-state index in [9.17, 15) is 9.59 Å². The molecule has 7 nitrogen and oxygen atoms in total. The Hall–Kier alpha value is -4.26. The maximum absolute atomic E-state index is 12.9. The van der Waals surface area contributed by atoms with Crippen molar-refractivity contribution >= 4 is 28.5 Å². The predicted octanol–water partition coefficient (Wildman–Crippen LogP) is 5.09. The zero-order chi connectivity index (χ0) is 24.2. The molecule has 0 saturated heterocycles. The molecule has 1 unspecified atom stereocenters. The van der Waals surface area contributed by atoms with Crippen LogP contribution in [0, 0.1) is 0 Å². The molecule has 176 valence electrons. The van der Waals surface area contributed by atoms with E-state index < -0.39 is 6.23 Å². The Balaban J connectivity index is 1.28. The summed E-state index contributed by atoms with van der Waals surface area (Å²) in [6, 6.07) is 22.8. The highest BCUT2D eigenvalue weighted by molar-refractivity contribution is 6.21. The van der Waals surface area contributed by atoms with E-state index in [4.69, 9.17) is 4.74 Å². The maximum atomic E-state index is 12.9. The lowest BCUT2D eigenvalue weighted by Gasteiger charge is -2.26. The minimum Gasteiger partial charge on any atom is -0.470 e. The number of rotatable bonds is 9. The molecule has 1 atom stereocenters. The summed E-state index contributed by atoms with van der Waals surface area (Å²) in [6.45, 7) is 2.67. The number of hydrogen-bond acceptors (Lipinski definition) is 6. The minimum absolute atomic E-state index is 0.331. The van der Waals surface area contributed by atoms with Gasteiger partial charge >= 0.3 is 0 Å². The molecule has 4 aromatic rings. The fourth-order valence-corrected chi connectivity index (χ4v) is 4.34. The zero-order valence-corrected chi connectivity index (χ0v) is 19.5. The molecule has 2 amide bonds. The summed E-state index contributed by atoms with van der Waals surface area (Å²) in [5.41, 5.74) is 2.86. The van der Waals surface area contributed by atoms with Crippen LogP contribution >= 0.6 is 0 Å². The molecular weight excluding hydrogens is 440 g/mol. The van der Waals surface area contributed by atoms with Gasteiger partial charge in [0.05, 0.1) is 16.6 Å². The van der Waals surface area contributed by atoms with E-state index in [1.807, 2.05) is 31.2 Å². The molecule has 35 heavy (non-hydrogen) atoms. The molecule has 0 spiro atoms. The monoisotopic (exact) mass is 466 g/mol. The standard InChI is InChI=1S/C28H26N4O3/c1-2-25(32-27(33)21-12-6-7-13-22(21)28(32)34)35-20-14-15-23-24(17-20)30-18-31-26(23)29-16-8-11-19-9-4-3-5-10-19/h3-7,9-10,12-15,17-18,25H,2,8,11,16H2,1H3,(H,29,30,31). The Morgan fingerprint density at radius 1 is 0.914 bits per heavy atom. The van der Waals surface area contributed by atoms with Crippen LogP contribution < -0.4 is 10.1 Å². The summed E-state index contributed by atoms with van der Waals surface area (Å²) in [5.74, 6) is 0.641. The fraction of sp³-hybridized carbons (Fsp3) is 0.214. The van der Waals surface area contributed by atoms with Crippen molar-refractivity contribution in [3.8, 4) is 5.75 Å². The molecule has 3 aromatic carbocycles. The van der Waals surface area contributed by atoms with Gasteiger partial charge in [-0.3, -0.25) is 9.59 Å². The lowest BCUT2D eigenvalue weighted by Crippen LogP contribution is -2.43. The van der Waals surface area contributed by atoms with Gasteiger partial charge in [0.15, 0.2) is 6.23 Å². The zero-order valence-electron chi connectivity index (χ0n) is 19.5. The number of imide groups is 1. The van der Waals surface area contributed by atoms with E-state index in [1.54, 1.807) is 24.3 Å². The van der Waals surface area contributed by atoms with Crippen LogP contribution in [0.3, 0.4) is 0 Å². The Morgan fingerprint density at radius 3 is 2.34 bits per heavy atom. The molecule has 7 heteroatoms. The summed E-state index contributed by atoms with van der Waals surface area (Å²) >= 11 is 0. The number of aromatic nitrogens is 2. The van der Waals surface area contributed by atoms with Gasteiger partial charge in [0.1, 0.15) is 17.9 Å². The van der Waals surface area contributed by atoms with E-state index in [0.717, 1.165) is 36.1 Å². The van der Waals surface area contributed by atoms with Crippen LogP contribution in [0.2, 0.25) is 0 Å². The Kier molecular flexibility index (Phi) is 6.39. The first-order valence-electron chi connectivity index (χ1n) is 11.8. The van der Waals surface area contributed by atoms with Crippen molar-refractivity contribution in [1.29, 1.82) is 0 Å². The Bertz CT molecular complexity index is 1340. The SMILES string of the molecule is CCC(Oc1ccc2c(NCCCc3ccccc3)ncnc2c1)N1C(=O)c2ccccc2C1=O. The summed E-state index contributed by atoms with van der Waals surface area (Å²) in [4.78, 5) is 35.7. The molecule has 0 aliphatic carbocycles. The van der Waals surface area contributed by atoms with E-state index in [-0.39, 0.29) is 11.8 Å². The summed E-state index contributed by atoms with van der Waals surface area (Å²) < 4.78 is 6.12. The maximum Gasteiger partial charge on any atom is 0.264 e. The molecule has 1 aliphatic heterocycles. The van der Waals surface area contributed by atoms with Crippen molar-refractivity contribution < 1.29 is 14.3 Å². The van der Waals surface area contributed by atoms with E-state index >= 15 is 0 Å². The van der Waals surface area contributed by atoms with Gasteiger partial charge in [0.25, 0.3) is 11.8 Å². The second-order valence-electron chi connectivity index (χ2n) is 8.42. The van der Waals surface area contributed by atoms with Gasteiger partial charge in [-0.25, -0.2) is 14.9 Å². The Labute approximate surface area is 203 Å². The third-order valence-electron chi connectivity index (χ3n) is 6.12. The van der Waals surface area contributed by atoms with Crippen molar-refractivity contribution in [2.24, 2.45) is 0 Å². The molecule has 0 radical (unpaired) electrons. The first-order valence-corrected chi connectivity index (χ1v) is 11.8. The van der Waals surface area contributed by atoms with Crippen LogP contribution in [0.15, 0.2) is 79.1 Å². The number of anilines is 1. The molecule has 1 aliphatic rings. The van der Waals surface area contributed by atoms with Crippen molar-refractivity contribution in [3.05, 3.63) is 95.8 Å². The number of aryl methyl sites for hydroxylation is 1. The summed E-state index contributed by atoms with van der Waals surface area (Å²) in [5, 5.41) is 4.29. The Morgan fingerprint density at radius 2 is 1.63 bits per heavy atom. The number of ether oxygens (including phenoxy) is 1. The molecule has 5 rings (SSSR count). The minimum atomic E-state index is -0.711. The largest absolute Gasteiger partial charge is 0.470 e. The number of carbonyl (C=O) groups is 2. The number of nitrogens with zero attached hydrogens (tertiary/aromatic N) is 3. The van der Waals surface area contributed by atoms with Crippen LogP contribution in [-0.2, 0) is 6.42 Å². The van der Waals surface area contributed by atoms with Gasteiger partial charge in [-0.1, -0.05) is 49.4 Å². The van der Waals surface area contributed by atoms with Gasteiger partial charge in [-0.15, -0.1) is 0 Å². The van der Waals surface area contributed by atoms with E-state index in [2.05, 4.69) is 39.6 Å². The van der Waals surface area contributed by atoms with E-state index in [0.29, 0.717) is 23.3 Å². The third kappa shape index (κ3) is 4.57. The normalized spacial score (nSPS) is 13.7. The highest BCUT2D eigenvalue weighted by Gasteiger charge is 2.40. The molecule has 2 heterocycles. The third-order valence-corrected chi connectivity index (χ3v) is 6.12. The lowest BCUT2D eigenvalue weighted by atomic mass is 10.1. The molecule has 0 saturated carbocycles. The average Bonchev–Trinajstić information content (AvgIpc) is 3.15. The summed E-state index contributed by atoms with van der Waals surface area (Å²) in [6.07, 6.45) is 3.24. The quantitative estimate of drug-likeness (QED) is 0.273. The number of fused-ring (bicyclic) bond motifs is 2. The van der Waals surface area contributed by atoms with Gasteiger partial charge in [-0.2, -0.15) is 0 Å².